The van der Waals surface area contributed by atoms with Crippen LogP contribution in [-0.4, -0.2) is 61.0 Å². The van der Waals surface area contributed by atoms with E-state index in [2.05, 4.69) is 25.7 Å². The van der Waals surface area contributed by atoms with Crippen LogP contribution in [0.25, 0.3) is 22.6 Å². The molecule has 1 aromatic carbocycles. The Morgan fingerprint density at radius 3 is 2.84 bits per heavy atom. The van der Waals surface area contributed by atoms with E-state index in [1.165, 1.54) is 28.9 Å². The summed E-state index contributed by atoms with van der Waals surface area (Å²) in [6, 6.07) is 6.32. The van der Waals surface area contributed by atoms with Gasteiger partial charge in [0.05, 0.1) is 20.1 Å². The minimum atomic E-state index is -0.743. The third-order valence-electron chi connectivity index (χ3n) is 5.21. The lowest BCUT2D eigenvalue weighted by Crippen LogP contribution is -2.47. The number of pyridine rings is 1. The number of fused-ring (bicyclic) bond motifs is 2. The zero-order valence-electron chi connectivity index (χ0n) is 17.1. The van der Waals surface area contributed by atoms with Gasteiger partial charge in [0.2, 0.25) is 18.0 Å². The topological polar surface area (TPSA) is 124 Å². The number of cyclic esters (lactones) is 1. The number of benzene rings is 1. The van der Waals surface area contributed by atoms with Crippen LogP contribution in [0.15, 0.2) is 30.5 Å². The number of hydrogen-bond donors (Lipinski definition) is 1. The summed E-state index contributed by atoms with van der Waals surface area (Å²) in [7, 11) is 1.65. The van der Waals surface area contributed by atoms with E-state index >= 15 is 0 Å². The Balaban J connectivity index is 1.41. The first-order valence-electron chi connectivity index (χ1n) is 9.80. The molecular formula is C20H18FN7O4. The molecule has 3 aromatic rings. The molecule has 12 heteroatoms. The Labute approximate surface area is 181 Å². The van der Waals surface area contributed by atoms with Crippen molar-refractivity contribution < 1.29 is 23.5 Å². The average molecular weight is 439 g/mol. The van der Waals surface area contributed by atoms with Crippen LogP contribution in [0.5, 0.6) is 5.75 Å². The lowest BCUT2D eigenvalue weighted by Gasteiger charge is -2.31. The van der Waals surface area contributed by atoms with Crippen molar-refractivity contribution in [1.29, 1.82) is 0 Å². The summed E-state index contributed by atoms with van der Waals surface area (Å²) < 4.78 is 26.1. The lowest BCUT2D eigenvalue weighted by atomic mass is 10.0. The minimum Gasteiger partial charge on any atom is -0.466 e. The number of halogens is 1. The number of amides is 2. The van der Waals surface area contributed by atoms with Gasteiger partial charge >= 0.3 is 6.09 Å². The summed E-state index contributed by atoms with van der Waals surface area (Å²) in [5, 5.41) is 14.4. The molecule has 0 radical (unpaired) electrons. The molecule has 2 aromatic heterocycles. The molecule has 0 unspecified atom stereocenters. The Morgan fingerprint density at radius 1 is 1.31 bits per heavy atom. The van der Waals surface area contributed by atoms with Gasteiger partial charge in [0.1, 0.15) is 17.3 Å². The highest BCUT2D eigenvalue weighted by atomic mass is 19.1. The normalized spacial score (nSPS) is 19.1. The number of nitrogens with one attached hydrogen (secondary N) is 1. The molecule has 2 aliphatic rings. The van der Waals surface area contributed by atoms with Gasteiger partial charge in [-0.2, -0.15) is 4.80 Å². The highest BCUT2D eigenvalue weighted by Crippen LogP contribution is 2.37. The van der Waals surface area contributed by atoms with Crippen molar-refractivity contribution >= 4 is 12.0 Å². The van der Waals surface area contributed by atoms with Gasteiger partial charge in [-0.15, -0.1) is 10.2 Å². The smallest absolute Gasteiger partial charge is 0.413 e. The Hall–Kier alpha value is -4.09. The first-order valence-corrected chi connectivity index (χ1v) is 9.80. The Bertz CT molecular complexity index is 1210. The molecule has 5 rings (SSSR count). The molecule has 1 saturated heterocycles. The highest BCUT2D eigenvalue weighted by molar-refractivity contribution is 5.74. The highest BCUT2D eigenvalue weighted by Gasteiger charge is 2.46. The fourth-order valence-corrected chi connectivity index (χ4v) is 3.68. The van der Waals surface area contributed by atoms with Gasteiger partial charge < -0.3 is 14.8 Å². The summed E-state index contributed by atoms with van der Waals surface area (Å²) in [5.41, 5.74) is 2.01. The molecule has 0 bridgehead atoms. The Morgan fingerprint density at radius 2 is 2.16 bits per heavy atom. The van der Waals surface area contributed by atoms with E-state index in [9.17, 15) is 14.0 Å². The number of nitrogens with zero attached hydrogens (tertiary/aromatic N) is 6. The van der Waals surface area contributed by atoms with Gasteiger partial charge in [0, 0.05) is 35.9 Å². The van der Waals surface area contributed by atoms with E-state index in [1.54, 1.807) is 25.2 Å². The number of hydrogen-bond acceptors (Lipinski definition) is 8. The van der Waals surface area contributed by atoms with Crippen LogP contribution < -0.4 is 10.1 Å². The molecular weight excluding hydrogens is 421 g/mol. The zero-order chi connectivity index (χ0) is 22.4. The van der Waals surface area contributed by atoms with E-state index in [1.807, 2.05) is 0 Å². The van der Waals surface area contributed by atoms with E-state index in [-0.39, 0.29) is 19.0 Å². The van der Waals surface area contributed by atoms with Crippen molar-refractivity contribution in [3.63, 3.8) is 0 Å². The summed E-state index contributed by atoms with van der Waals surface area (Å²) >= 11 is 0. The molecule has 32 heavy (non-hydrogen) atoms. The third-order valence-corrected chi connectivity index (χ3v) is 5.21. The molecule has 0 saturated carbocycles. The van der Waals surface area contributed by atoms with Crippen LogP contribution in [0, 0.1) is 5.82 Å². The number of aromatic nitrogens is 5. The molecule has 0 spiro atoms. The molecule has 164 valence electrons. The maximum atomic E-state index is 14.9. The van der Waals surface area contributed by atoms with Crippen molar-refractivity contribution in [1.82, 2.24) is 35.4 Å². The second kappa shape index (κ2) is 7.55. The van der Waals surface area contributed by atoms with Crippen LogP contribution in [0.4, 0.5) is 9.18 Å². The van der Waals surface area contributed by atoms with E-state index < -0.39 is 24.2 Å². The SMILES string of the molecule is CC(=O)NC[C@@H]1OC(=O)N2Cc3cc(-c4ccc(-c5nnn(C)n5)nc4)c(F)cc3O[C@@H]12. The maximum Gasteiger partial charge on any atom is 0.413 e. The molecule has 4 heterocycles. The second-order valence-electron chi connectivity index (χ2n) is 7.47. The summed E-state index contributed by atoms with van der Waals surface area (Å²) in [6.07, 6.45) is -0.457. The molecule has 1 fully saturated rings. The summed E-state index contributed by atoms with van der Waals surface area (Å²) in [5.74, 6) is -0.0492. The van der Waals surface area contributed by atoms with Gasteiger partial charge in [-0.1, -0.05) is 6.07 Å². The first-order chi connectivity index (χ1) is 15.4. The van der Waals surface area contributed by atoms with Gasteiger partial charge in [-0.3, -0.25) is 14.7 Å². The van der Waals surface area contributed by atoms with Crippen molar-refractivity contribution in [2.75, 3.05) is 6.54 Å². The number of aryl methyl sites for hydroxylation is 1. The van der Waals surface area contributed by atoms with Crippen LogP contribution in [0.3, 0.4) is 0 Å². The van der Waals surface area contributed by atoms with Crippen molar-refractivity contribution in [2.45, 2.75) is 25.8 Å². The second-order valence-corrected chi connectivity index (χ2v) is 7.47. The van der Waals surface area contributed by atoms with Gasteiger partial charge in [0.15, 0.2) is 6.10 Å². The lowest BCUT2D eigenvalue weighted by molar-refractivity contribution is -0.119. The number of tetrazole rings is 1. The van der Waals surface area contributed by atoms with Gasteiger partial charge in [0.25, 0.3) is 0 Å². The predicted octanol–water partition coefficient (Wildman–Crippen LogP) is 1.25. The third kappa shape index (κ3) is 3.49. The van der Waals surface area contributed by atoms with E-state index in [4.69, 9.17) is 9.47 Å². The maximum absolute atomic E-state index is 14.9. The molecule has 0 aliphatic carbocycles. The molecule has 2 aliphatic heterocycles. The molecule has 11 nitrogen and oxygen atoms in total. The van der Waals surface area contributed by atoms with Crippen molar-refractivity contribution in [2.24, 2.45) is 7.05 Å². The summed E-state index contributed by atoms with van der Waals surface area (Å²) in [6.45, 7) is 1.67. The van der Waals surface area contributed by atoms with Gasteiger partial charge in [-0.05, 0) is 17.3 Å². The Kier molecular flexibility index (Phi) is 4.68. The van der Waals surface area contributed by atoms with Crippen LogP contribution in [0.1, 0.15) is 12.5 Å². The van der Waals surface area contributed by atoms with E-state index in [0.717, 1.165) is 0 Å². The first kappa shape index (κ1) is 19.8. The fourth-order valence-electron chi connectivity index (χ4n) is 3.68. The van der Waals surface area contributed by atoms with Gasteiger partial charge in [-0.25, -0.2) is 9.18 Å². The minimum absolute atomic E-state index is 0.108. The van der Waals surface area contributed by atoms with Crippen molar-refractivity contribution in [3.8, 4) is 28.4 Å². The number of ether oxygens (including phenoxy) is 2. The standard InChI is InChI=1S/C20H18FN7O4/c1-10(29)22-8-17-19-28(20(30)32-17)9-12-5-13(14(21)6-16(12)31-19)11-3-4-15(23-7-11)18-24-26-27(2)25-18/h3-7,17,19H,8-9H2,1-2H3,(H,22,29)/t17-,19-/m0/s1. The monoisotopic (exact) mass is 439 g/mol. The molecule has 2 amide bonds. The predicted molar refractivity (Wildman–Crippen MR) is 106 cm³/mol. The van der Waals surface area contributed by atoms with Crippen LogP contribution in [-0.2, 0) is 23.1 Å². The largest absolute Gasteiger partial charge is 0.466 e. The quantitative estimate of drug-likeness (QED) is 0.644. The summed E-state index contributed by atoms with van der Waals surface area (Å²) in [4.78, 5) is 30.5. The van der Waals surface area contributed by atoms with Crippen LogP contribution in [0.2, 0.25) is 0 Å². The number of carbonyl (C=O) groups excluding carboxylic acids is 2. The zero-order valence-corrected chi connectivity index (χ0v) is 17.1. The number of carbonyl (C=O) groups is 2. The fraction of sp³-hybridized carbons (Fsp3) is 0.300. The van der Waals surface area contributed by atoms with Crippen molar-refractivity contribution in [3.05, 3.63) is 41.8 Å². The molecule has 2 atom stereocenters. The average Bonchev–Trinajstić information content (AvgIpc) is 3.33. The number of rotatable bonds is 4. The molecule has 1 N–H and O–H groups in total. The van der Waals surface area contributed by atoms with E-state index in [0.29, 0.717) is 34.0 Å². The van der Waals surface area contributed by atoms with Crippen LogP contribution >= 0.6 is 0 Å².